The molecule has 0 bridgehead atoms. The molecule has 0 radical (unpaired) electrons. The van der Waals surface area contributed by atoms with Gasteiger partial charge in [0.25, 0.3) is 0 Å². The number of hydrogen-bond donors (Lipinski definition) is 0. The lowest BCUT2D eigenvalue weighted by molar-refractivity contribution is 0.101. The summed E-state index contributed by atoms with van der Waals surface area (Å²) < 4.78 is 5.99. The number of thioether (sulfide) groups is 1. The van der Waals surface area contributed by atoms with E-state index in [0.29, 0.717) is 6.61 Å². The van der Waals surface area contributed by atoms with Gasteiger partial charge < -0.3 is 4.74 Å². The Morgan fingerprint density at radius 1 is 1.26 bits per heavy atom. The molecule has 0 aromatic heterocycles. The summed E-state index contributed by atoms with van der Waals surface area (Å²) in [5, 5.41) is 0. The summed E-state index contributed by atoms with van der Waals surface area (Å²) in [6.45, 7) is 9.12. The molecular weight excluding hydrogens is 304 g/mol. The van der Waals surface area contributed by atoms with Crippen LogP contribution >= 0.6 is 11.8 Å². The van der Waals surface area contributed by atoms with Gasteiger partial charge in [0.15, 0.2) is 5.78 Å². The van der Waals surface area contributed by atoms with Gasteiger partial charge in [-0.25, -0.2) is 0 Å². The molecular formula is C20H30O2S. The highest BCUT2D eigenvalue weighted by atomic mass is 32.2. The number of ether oxygens (including phenoxy) is 1. The molecule has 0 saturated carbocycles. The Kier molecular flexibility index (Phi) is 6.58. The molecule has 0 atom stereocenters. The van der Waals surface area contributed by atoms with E-state index < -0.39 is 0 Å². The number of benzene rings is 1. The molecule has 0 saturated heterocycles. The van der Waals surface area contributed by atoms with Crippen LogP contribution in [0.3, 0.4) is 0 Å². The fourth-order valence-corrected chi connectivity index (χ4v) is 4.34. The van der Waals surface area contributed by atoms with Crippen molar-refractivity contribution in [1.82, 2.24) is 0 Å². The van der Waals surface area contributed by atoms with Gasteiger partial charge in [-0.2, -0.15) is 0 Å². The summed E-state index contributed by atoms with van der Waals surface area (Å²) in [6.07, 6.45) is 7.11. The number of carbonyl (C=O) groups excluding carboxylic acids is 1. The van der Waals surface area contributed by atoms with E-state index >= 15 is 0 Å². The minimum atomic E-state index is 0.0985. The minimum absolute atomic E-state index is 0.0985. The summed E-state index contributed by atoms with van der Waals surface area (Å²) >= 11 is 1.90. The largest absolute Gasteiger partial charge is 0.493 e. The van der Waals surface area contributed by atoms with Crippen molar-refractivity contribution in [3.63, 3.8) is 0 Å². The van der Waals surface area contributed by atoms with Gasteiger partial charge in [0.2, 0.25) is 0 Å². The van der Waals surface area contributed by atoms with Crippen molar-refractivity contribution in [2.24, 2.45) is 0 Å². The molecule has 1 aliphatic heterocycles. The van der Waals surface area contributed by atoms with Gasteiger partial charge in [-0.15, -0.1) is 11.8 Å². The zero-order chi connectivity index (χ0) is 16.9. The summed E-state index contributed by atoms with van der Waals surface area (Å²) in [7, 11) is 0. The Morgan fingerprint density at radius 2 is 2.04 bits per heavy atom. The second-order valence-corrected chi connectivity index (χ2v) is 8.28. The first-order valence-corrected chi connectivity index (χ1v) is 9.89. The molecule has 0 fully saturated rings. The van der Waals surface area contributed by atoms with Gasteiger partial charge in [0.1, 0.15) is 5.75 Å². The van der Waals surface area contributed by atoms with E-state index in [0.717, 1.165) is 23.5 Å². The van der Waals surface area contributed by atoms with Crippen LogP contribution in [0.2, 0.25) is 0 Å². The van der Waals surface area contributed by atoms with Crippen molar-refractivity contribution in [2.75, 3.05) is 12.4 Å². The molecule has 0 aliphatic carbocycles. The molecule has 1 aromatic rings. The van der Waals surface area contributed by atoms with E-state index in [-0.39, 0.29) is 11.2 Å². The lowest BCUT2D eigenvalue weighted by Crippen LogP contribution is -2.18. The first kappa shape index (κ1) is 18.4. The number of hydrogen-bond acceptors (Lipinski definition) is 3. The lowest BCUT2D eigenvalue weighted by Gasteiger charge is -2.26. The van der Waals surface area contributed by atoms with Crippen LogP contribution in [0, 0.1) is 0 Å². The highest BCUT2D eigenvalue weighted by Crippen LogP contribution is 2.43. The Labute approximate surface area is 145 Å². The van der Waals surface area contributed by atoms with Crippen LogP contribution in [0.1, 0.15) is 82.1 Å². The third kappa shape index (κ3) is 4.76. The van der Waals surface area contributed by atoms with Crippen molar-refractivity contribution in [3.8, 4) is 5.75 Å². The maximum atomic E-state index is 12.1. The van der Waals surface area contributed by atoms with E-state index in [1.165, 1.54) is 42.6 Å². The van der Waals surface area contributed by atoms with Crippen LogP contribution in [0.15, 0.2) is 17.0 Å². The minimum Gasteiger partial charge on any atom is -0.493 e. The molecule has 1 aromatic carbocycles. The van der Waals surface area contributed by atoms with E-state index in [1.54, 1.807) is 6.92 Å². The van der Waals surface area contributed by atoms with Crippen LogP contribution in [-0.2, 0) is 5.41 Å². The van der Waals surface area contributed by atoms with E-state index in [9.17, 15) is 4.79 Å². The normalized spacial score (nSPS) is 16.5. The molecule has 23 heavy (non-hydrogen) atoms. The molecule has 2 rings (SSSR count). The zero-order valence-electron chi connectivity index (χ0n) is 15.0. The highest BCUT2D eigenvalue weighted by molar-refractivity contribution is 7.99. The molecule has 0 amide bonds. The van der Waals surface area contributed by atoms with Crippen molar-refractivity contribution >= 4 is 17.5 Å². The highest BCUT2D eigenvalue weighted by Gasteiger charge is 2.28. The van der Waals surface area contributed by atoms with Gasteiger partial charge >= 0.3 is 0 Å². The van der Waals surface area contributed by atoms with Crippen molar-refractivity contribution < 1.29 is 9.53 Å². The predicted octanol–water partition coefficient (Wildman–Crippen LogP) is 6.01. The average molecular weight is 335 g/mol. The van der Waals surface area contributed by atoms with Gasteiger partial charge in [-0.05, 0) is 55.1 Å². The lowest BCUT2D eigenvalue weighted by atomic mass is 9.80. The molecule has 1 aliphatic rings. The molecule has 3 heteroatoms. The average Bonchev–Trinajstić information content (AvgIpc) is 2.64. The van der Waals surface area contributed by atoms with E-state index in [4.69, 9.17) is 4.74 Å². The molecule has 0 N–H and O–H groups in total. The smallest absolute Gasteiger partial charge is 0.163 e. The summed E-state index contributed by atoms with van der Waals surface area (Å²) in [5.74, 6) is 2.02. The fraction of sp³-hybridized carbons (Fsp3) is 0.650. The van der Waals surface area contributed by atoms with Crippen molar-refractivity contribution in [3.05, 3.63) is 23.3 Å². The first-order chi connectivity index (χ1) is 11.0. The van der Waals surface area contributed by atoms with Crippen LogP contribution in [0.25, 0.3) is 0 Å². The number of Topliss-reactive ketones (excluding diaryl/α,β-unsaturated/α-hetero) is 1. The first-order valence-electron chi connectivity index (χ1n) is 8.91. The predicted molar refractivity (Wildman–Crippen MR) is 99.1 cm³/mol. The summed E-state index contributed by atoms with van der Waals surface area (Å²) in [6, 6.07) is 4.21. The molecule has 1 heterocycles. The van der Waals surface area contributed by atoms with Gasteiger partial charge in [0.05, 0.1) is 12.2 Å². The third-order valence-electron chi connectivity index (χ3n) is 4.65. The second-order valence-electron chi connectivity index (χ2n) is 7.15. The van der Waals surface area contributed by atoms with Crippen LogP contribution < -0.4 is 4.74 Å². The molecule has 128 valence electrons. The molecule has 0 spiro atoms. The maximum absolute atomic E-state index is 12.1. The molecule has 2 nitrogen and oxygen atoms in total. The van der Waals surface area contributed by atoms with Crippen LogP contribution in [-0.4, -0.2) is 18.1 Å². The summed E-state index contributed by atoms with van der Waals surface area (Å²) in [5.41, 5.74) is 2.18. The number of carbonyl (C=O) groups is 1. The Balaban J connectivity index is 2.24. The topological polar surface area (TPSA) is 26.3 Å². The Bertz CT molecular complexity index is 549. The van der Waals surface area contributed by atoms with Gasteiger partial charge in [-0.1, -0.05) is 40.0 Å². The van der Waals surface area contributed by atoms with E-state index in [2.05, 4.69) is 32.9 Å². The van der Waals surface area contributed by atoms with Crippen molar-refractivity contribution in [1.29, 1.82) is 0 Å². The van der Waals surface area contributed by atoms with Gasteiger partial charge in [0, 0.05) is 4.90 Å². The Hall–Kier alpha value is -0.960. The second kappa shape index (κ2) is 8.23. The number of unbranched alkanes of at least 4 members (excludes halogenated alkanes) is 3. The number of ketones is 1. The summed E-state index contributed by atoms with van der Waals surface area (Å²) in [4.78, 5) is 13.4. The quantitative estimate of drug-likeness (QED) is 0.451. The number of fused-ring (bicyclic) bond motifs is 1. The maximum Gasteiger partial charge on any atom is 0.163 e. The third-order valence-corrected chi connectivity index (χ3v) is 5.79. The zero-order valence-corrected chi connectivity index (χ0v) is 15.9. The molecule has 0 unspecified atom stereocenters. The van der Waals surface area contributed by atoms with Crippen LogP contribution in [0.5, 0.6) is 5.75 Å². The van der Waals surface area contributed by atoms with Crippen molar-refractivity contribution in [2.45, 2.75) is 76.5 Å². The van der Waals surface area contributed by atoms with E-state index in [1.807, 2.05) is 11.8 Å². The SMILES string of the molecule is CCCCCCOc1cc2c(cc1C(C)=O)C(C)(C)CCCS2. The number of rotatable bonds is 7. The fourth-order valence-electron chi connectivity index (χ4n) is 3.15. The Morgan fingerprint density at radius 3 is 2.74 bits per heavy atom. The van der Waals surface area contributed by atoms with Crippen LogP contribution in [0.4, 0.5) is 0 Å². The monoisotopic (exact) mass is 334 g/mol. The standard InChI is InChI=1S/C20H30O2S/c1-5-6-7-8-11-22-18-14-19-17(13-16(18)15(2)21)20(3,4)10-9-12-23-19/h13-14H,5-12H2,1-4H3. The van der Waals surface area contributed by atoms with Gasteiger partial charge in [-0.3, -0.25) is 4.79 Å².